The molecule has 1 aliphatic rings. The van der Waals surface area contributed by atoms with Crippen molar-refractivity contribution < 1.29 is 8.42 Å². The van der Waals surface area contributed by atoms with Crippen molar-refractivity contribution in [1.82, 2.24) is 10.0 Å². The lowest BCUT2D eigenvalue weighted by atomic mass is 9.80. The van der Waals surface area contributed by atoms with Gasteiger partial charge in [0.05, 0.1) is 3.79 Å². The van der Waals surface area contributed by atoms with Crippen molar-refractivity contribution in [3.63, 3.8) is 0 Å². The molecule has 1 aliphatic heterocycles. The van der Waals surface area contributed by atoms with Crippen LogP contribution in [0.1, 0.15) is 40.5 Å². The van der Waals surface area contributed by atoms with Crippen molar-refractivity contribution in [2.45, 2.75) is 61.9 Å². The maximum atomic E-state index is 12.4. The zero-order valence-corrected chi connectivity index (χ0v) is 15.4. The zero-order chi connectivity index (χ0) is 15.2. The highest BCUT2D eigenvalue weighted by Crippen LogP contribution is 2.31. The predicted molar refractivity (Wildman–Crippen MR) is 86.7 cm³/mol. The van der Waals surface area contributed by atoms with Crippen molar-refractivity contribution in [3.8, 4) is 0 Å². The second-order valence-electron chi connectivity index (χ2n) is 6.68. The minimum absolute atomic E-state index is 0.0490. The first-order chi connectivity index (χ1) is 8.99. The van der Waals surface area contributed by atoms with Gasteiger partial charge in [0.15, 0.2) is 0 Å². The molecule has 7 heteroatoms. The van der Waals surface area contributed by atoms with Gasteiger partial charge in [0.25, 0.3) is 0 Å². The van der Waals surface area contributed by atoms with Crippen molar-refractivity contribution in [3.05, 3.63) is 15.9 Å². The van der Waals surface area contributed by atoms with Crippen LogP contribution in [0.15, 0.2) is 20.1 Å². The van der Waals surface area contributed by atoms with E-state index in [1.54, 1.807) is 12.1 Å². The normalized spacial score (nSPS) is 22.9. The molecule has 4 nitrogen and oxygen atoms in total. The highest BCUT2D eigenvalue weighted by atomic mass is 79.9. The van der Waals surface area contributed by atoms with Gasteiger partial charge < -0.3 is 5.32 Å². The number of nitrogens with one attached hydrogen (secondary N) is 2. The Kier molecular flexibility index (Phi) is 4.40. The van der Waals surface area contributed by atoms with Gasteiger partial charge in [0.2, 0.25) is 10.0 Å². The first-order valence-corrected chi connectivity index (χ1v) is 9.65. The summed E-state index contributed by atoms with van der Waals surface area (Å²) in [5, 5.41) is 3.55. The van der Waals surface area contributed by atoms with E-state index in [4.69, 9.17) is 0 Å². The van der Waals surface area contributed by atoms with E-state index in [9.17, 15) is 8.42 Å². The topological polar surface area (TPSA) is 58.2 Å². The molecule has 1 aromatic heterocycles. The van der Waals surface area contributed by atoms with Gasteiger partial charge in [0, 0.05) is 17.1 Å². The Bertz CT molecular complexity index is 577. The number of hydrogen-bond acceptors (Lipinski definition) is 4. The average Bonchev–Trinajstić information content (AvgIpc) is 2.59. The molecule has 2 N–H and O–H groups in total. The lowest BCUT2D eigenvalue weighted by Crippen LogP contribution is -2.62. The molecule has 0 spiro atoms. The minimum atomic E-state index is -3.43. The second kappa shape index (κ2) is 5.35. The summed E-state index contributed by atoms with van der Waals surface area (Å²) in [7, 11) is -3.43. The fourth-order valence-corrected chi connectivity index (χ4v) is 6.39. The van der Waals surface area contributed by atoms with Crippen LogP contribution in [0.4, 0.5) is 0 Å². The molecule has 1 aromatic rings. The van der Waals surface area contributed by atoms with Gasteiger partial charge in [-0.1, -0.05) is 0 Å². The zero-order valence-electron chi connectivity index (χ0n) is 12.2. The molecule has 0 amide bonds. The number of hydrogen-bond donors (Lipinski definition) is 2. The van der Waals surface area contributed by atoms with Gasteiger partial charge in [0.1, 0.15) is 4.21 Å². The first kappa shape index (κ1) is 16.4. The SMILES string of the molecule is CC1(C)CC(NS(=O)(=O)c2ccc(Br)s2)CC(C)(C)N1. The predicted octanol–water partition coefficient (Wildman–Crippen LogP) is 3.10. The van der Waals surface area contributed by atoms with Crippen LogP contribution in [0, 0.1) is 0 Å². The van der Waals surface area contributed by atoms with E-state index >= 15 is 0 Å². The molecule has 0 saturated carbocycles. The molecule has 0 radical (unpaired) electrons. The van der Waals surface area contributed by atoms with Crippen LogP contribution in [0.25, 0.3) is 0 Å². The molecule has 20 heavy (non-hydrogen) atoms. The number of thiophene rings is 1. The molecule has 1 saturated heterocycles. The summed E-state index contributed by atoms with van der Waals surface area (Å²) in [6.07, 6.45) is 1.56. The van der Waals surface area contributed by atoms with E-state index in [2.05, 4.69) is 53.7 Å². The van der Waals surface area contributed by atoms with Gasteiger partial charge >= 0.3 is 0 Å². The summed E-state index contributed by atoms with van der Waals surface area (Å²) < 4.78 is 28.8. The van der Waals surface area contributed by atoms with E-state index in [1.165, 1.54) is 11.3 Å². The first-order valence-electron chi connectivity index (χ1n) is 6.56. The number of piperidine rings is 1. The Hall–Kier alpha value is 0.0500. The average molecular weight is 381 g/mol. The molecule has 0 aromatic carbocycles. The quantitative estimate of drug-likeness (QED) is 0.846. The Morgan fingerprint density at radius 3 is 2.25 bits per heavy atom. The molecule has 0 bridgehead atoms. The number of halogens is 1. The van der Waals surface area contributed by atoms with Gasteiger partial charge in [-0.3, -0.25) is 0 Å². The van der Waals surface area contributed by atoms with Crippen LogP contribution < -0.4 is 10.0 Å². The van der Waals surface area contributed by atoms with Crippen LogP contribution >= 0.6 is 27.3 Å². The fraction of sp³-hybridized carbons (Fsp3) is 0.692. The lowest BCUT2D eigenvalue weighted by molar-refractivity contribution is 0.157. The van der Waals surface area contributed by atoms with E-state index < -0.39 is 10.0 Å². The standard InChI is InChI=1S/C13H21BrN2O2S2/c1-12(2)7-9(8-13(3,4)16-12)15-20(17,18)11-6-5-10(14)19-11/h5-6,9,15-16H,7-8H2,1-4H3. The van der Waals surface area contributed by atoms with Gasteiger partial charge in [-0.15, -0.1) is 11.3 Å². The van der Waals surface area contributed by atoms with E-state index in [0.717, 1.165) is 16.6 Å². The Labute approximate surface area is 133 Å². The summed E-state index contributed by atoms with van der Waals surface area (Å²) in [4.78, 5) is 0. The molecule has 0 atom stereocenters. The van der Waals surface area contributed by atoms with Crippen LogP contribution in [-0.2, 0) is 10.0 Å². The maximum absolute atomic E-state index is 12.4. The van der Waals surface area contributed by atoms with Crippen LogP contribution in [-0.4, -0.2) is 25.5 Å². The van der Waals surface area contributed by atoms with Crippen molar-refractivity contribution in [1.29, 1.82) is 0 Å². The van der Waals surface area contributed by atoms with Crippen LogP contribution in [0.5, 0.6) is 0 Å². The molecule has 0 aliphatic carbocycles. The highest BCUT2D eigenvalue weighted by molar-refractivity contribution is 9.11. The highest BCUT2D eigenvalue weighted by Gasteiger charge is 2.39. The third kappa shape index (κ3) is 4.04. The lowest BCUT2D eigenvalue weighted by Gasteiger charge is -2.46. The third-order valence-electron chi connectivity index (χ3n) is 3.33. The van der Waals surface area contributed by atoms with E-state index in [1.807, 2.05) is 0 Å². The summed E-state index contributed by atoms with van der Waals surface area (Å²) in [6, 6.07) is 3.34. The molecular formula is C13H21BrN2O2S2. The summed E-state index contributed by atoms with van der Waals surface area (Å²) >= 11 is 4.54. The number of sulfonamides is 1. The molecule has 2 rings (SSSR count). The van der Waals surface area contributed by atoms with Gasteiger partial charge in [-0.05, 0) is 68.6 Å². The van der Waals surface area contributed by atoms with Gasteiger partial charge in [-0.2, -0.15) is 0 Å². The van der Waals surface area contributed by atoms with E-state index in [-0.39, 0.29) is 17.1 Å². The van der Waals surface area contributed by atoms with Crippen LogP contribution in [0.3, 0.4) is 0 Å². The summed E-state index contributed by atoms with van der Waals surface area (Å²) in [5.41, 5.74) is -0.157. The smallest absolute Gasteiger partial charge is 0.250 e. The van der Waals surface area contributed by atoms with E-state index in [0.29, 0.717) is 4.21 Å². The monoisotopic (exact) mass is 380 g/mol. The van der Waals surface area contributed by atoms with Crippen molar-refractivity contribution in [2.24, 2.45) is 0 Å². The largest absolute Gasteiger partial charge is 0.307 e. The molecule has 114 valence electrons. The van der Waals surface area contributed by atoms with Crippen molar-refractivity contribution in [2.75, 3.05) is 0 Å². The third-order valence-corrected chi connectivity index (χ3v) is 6.96. The second-order valence-corrected chi connectivity index (χ2v) is 11.1. The summed E-state index contributed by atoms with van der Waals surface area (Å²) in [6.45, 7) is 8.43. The maximum Gasteiger partial charge on any atom is 0.250 e. The fourth-order valence-electron chi connectivity index (χ4n) is 3.13. The molecule has 1 fully saturated rings. The van der Waals surface area contributed by atoms with Crippen molar-refractivity contribution >= 4 is 37.3 Å². The minimum Gasteiger partial charge on any atom is -0.307 e. The van der Waals surface area contributed by atoms with Crippen LogP contribution in [0.2, 0.25) is 0 Å². The Morgan fingerprint density at radius 1 is 1.25 bits per heavy atom. The Morgan fingerprint density at radius 2 is 1.80 bits per heavy atom. The van der Waals surface area contributed by atoms with Gasteiger partial charge in [-0.25, -0.2) is 13.1 Å². The summed E-state index contributed by atoms with van der Waals surface area (Å²) in [5.74, 6) is 0. The molecule has 0 unspecified atom stereocenters. The number of rotatable bonds is 3. The molecular weight excluding hydrogens is 360 g/mol. The Balaban J connectivity index is 2.17. The molecule has 2 heterocycles.